The van der Waals surface area contributed by atoms with Gasteiger partial charge in [-0.05, 0) is 43.4 Å². The van der Waals surface area contributed by atoms with Gasteiger partial charge in [-0.1, -0.05) is 23.9 Å². The summed E-state index contributed by atoms with van der Waals surface area (Å²) in [6, 6.07) is 6.22. The molecule has 5 nitrogen and oxygen atoms in total. The Balaban J connectivity index is 1.51. The molecule has 0 bridgehead atoms. The Labute approximate surface area is 163 Å². The van der Waals surface area contributed by atoms with Crippen LogP contribution >= 0.6 is 23.1 Å². The zero-order chi connectivity index (χ0) is 19.0. The van der Waals surface area contributed by atoms with Gasteiger partial charge in [-0.15, -0.1) is 11.3 Å². The first-order valence-corrected chi connectivity index (χ1v) is 10.6. The van der Waals surface area contributed by atoms with E-state index in [0.29, 0.717) is 21.3 Å². The Morgan fingerprint density at radius 1 is 1.41 bits per heavy atom. The lowest BCUT2D eigenvalue weighted by Gasteiger charge is -2.12. The largest absolute Gasteiger partial charge is 0.353 e. The molecular formula is C19H18FN3O2S2. The summed E-state index contributed by atoms with van der Waals surface area (Å²) in [5, 5.41) is 5.75. The van der Waals surface area contributed by atoms with Crippen molar-refractivity contribution in [3.05, 3.63) is 45.8 Å². The quantitative estimate of drug-likeness (QED) is 0.485. The molecule has 1 fully saturated rings. The number of fused-ring (bicyclic) bond motifs is 1. The lowest BCUT2D eigenvalue weighted by Crippen LogP contribution is -2.35. The summed E-state index contributed by atoms with van der Waals surface area (Å²) in [7, 11) is 0. The van der Waals surface area contributed by atoms with Crippen LogP contribution in [0, 0.1) is 11.7 Å². The van der Waals surface area contributed by atoms with E-state index in [4.69, 9.17) is 0 Å². The molecule has 1 saturated carbocycles. The highest BCUT2D eigenvalue weighted by Gasteiger charge is 2.28. The fraction of sp³-hybridized carbons (Fsp3) is 0.316. The Morgan fingerprint density at radius 3 is 2.85 bits per heavy atom. The number of thiophene rings is 1. The van der Waals surface area contributed by atoms with Gasteiger partial charge in [-0.25, -0.2) is 9.37 Å². The molecule has 1 aliphatic rings. The second kappa shape index (κ2) is 7.44. The highest BCUT2D eigenvalue weighted by Crippen LogP contribution is 2.33. The van der Waals surface area contributed by atoms with E-state index < -0.39 is 0 Å². The van der Waals surface area contributed by atoms with Crippen LogP contribution in [0.15, 0.2) is 39.6 Å². The van der Waals surface area contributed by atoms with Crippen LogP contribution in [0.1, 0.15) is 19.8 Å². The van der Waals surface area contributed by atoms with Crippen molar-refractivity contribution in [2.75, 3.05) is 5.75 Å². The van der Waals surface area contributed by atoms with Crippen LogP contribution in [0.2, 0.25) is 0 Å². The molecule has 0 spiro atoms. The standard InChI is InChI=1S/C19H18FN3O2S2/c1-10(11-2-3-11)21-15(24)9-27-19-22-17(25)16-14(8-26-18(16)23-19)12-4-6-13(20)7-5-12/h4-8,10-11H,2-3,9H2,1H3,(H,21,24)(H,22,23,25). The van der Waals surface area contributed by atoms with Crippen molar-refractivity contribution < 1.29 is 9.18 Å². The first kappa shape index (κ1) is 18.2. The molecule has 8 heteroatoms. The van der Waals surface area contributed by atoms with Gasteiger partial charge < -0.3 is 10.3 Å². The van der Waals surface area contributed by atoms with Gasteiger partial charge in [0.15, 0.2) is 5.16 Å². The van der Waals surface area contributed by atoms with Crippen LogP contribution in [0.4, 0.5) is 4.39 Å². The van der Waals surface area contributed by atoms with Crippen LogP contribution in [0.25, 0.3) is 21.3 Å². The number of carbonyl (C=O) groups excluding carboxylic acids is 1. The number of amides is 1. The summed E-state index contributed by atoms with van der Waals surface area (Å²) in [4.78, 5) is 32.4. The molecule has 1 unspecified atom stereocenters. The first-order valence-electron chi connectivity index (χ1n) is 8.71. The Hall–Kier alpha value is -2.19. The second-order valence-electron chi connectivity index (χ2n) is 6.69. The van der Waals surface area contributed by atoms with E-state index >= 15 is 0 Å². The topological polar surface area (TPSA) is 74.8 Å². The molecule has 3 aromatic rings. The number of benzene rings is 1. The van der Waals surface area contributed by atoms with Gasteiger partial charge in [-0.3, -0.25) is 9.59 Å². The van der Waals surface area contributed by atoms with E-state index in [1.165, 1.54) is 48.1 Å². The molecule has 4 rings (SSSR count). The maximum Gasteiger partial charge on any atom is 0.260 e. The monoisotopic (exact) mass is 403 g/mol. The number of aromatic amines is 1. The molecule has 2 N–H and O–H groups in total. The molecular weight excluding hydrogens is 385 g/mol. The number of hydrogen-bond acceptors (Lipinski definition) is 5. The molecule has 0 aliphatic heterocycles. The van der Waals surface area contributed by atoms with Crippen molar-refractivity contribution in [1.29, 1.82) is 0 Å². The molecule has 2 heterocycles. The van der Waals surface area contributed by atoms with E-state index in [1.807, 2.05) is 12.3 Å². The van der Waals surface area contributed by atoms with Crippen LogP contribution in [-0.2, 0) is 4.79 Å². The fourth-order valence-electron chi connectivity index (χ4n) is 2.98. The van der Waals surface area contributed by atoms with E-state index in [-0.39, 0.29) is 29.1 Å². The van der Waals surface area contributed by atoms with Crippen molar-refractivity contribution in [2.45, 2.75) is 31.0 Å². The van der Waals surface area contributed by atoms with Gasteiger partial charge >= 0.3 is 0 Å². The smallest absolute Gasteiger partial charge is 0.260 e. The summed E-state index contributed by atoms with van der Waals surface area (Å²) >= 11 is 2.58. The van der Waals surface area contributed by atoms with Crippen molar-refractivity contribution in [2.24, 2.45) is 5.92 Å². The third-order valence-corrected chi connectivity index (χ3v) is 6.38. The molecule has 1 aromatic carbocycles. The van der Waals surface area contributed by atoms with Crippen LogP contribution in [-0.4, -0.2) is 27.7 Å². The summed E-state index contributed by atoms with van der Waals surface area (Å²) in [5.74, 6) is 0.435. The number of nitrogens with zero attached hydrogens (tertiary/aromatic N) is 1. The molecule has 2 aromatic heterocycles. The molecule has 1 atom stereocenters. The number of carbonyl (C=O) groups is 1. The normalized spacial score (nSPS) is 15.0. The molecule has 1 aliphatic carbocycles. The van der Waals surface area contributed by atoms with E-state index in [9.17, 15) is 14.0 Å². The average Bonchev–Trinajstić information content (AvgIpc) is 3.41. The van der Waals surface area contributed by atoms with Gasteiger partial charge in [0, 0.05) is 17.0 Å². The van der Waals surface area contributed by atoms with Crippen molar-refractivity contribution >= 4 is 39.2 Å². The minimum atomic E-state index is -0.321. The van der Waals surface area contributed by atoms with Gasteiger partial charge in [0.25, 0.3) is 5.56 Å². The summed E-state index contributed by atoms with van der Waals surface area (Å²) in [5.41, 5.74) is 1.25. The van der Waals surface area contributed by atoms with Crippen LogP contribution in [0.3, 0.4) is 0 Å². The SMILES string of the molecule is CC(NC(=O)CSc1nc2scc(-c3ccc(F)cc3)c2c(=O)[nH]1)C1CC1. The number of hydrogen-bond donors (Lipinski definition) is 2. The van der Waals surface area contributed by atoms with Gasteiger partial charge in [-0.2, -0.15) is 0 Å². The van der Waals surface area contributed by atoms with Gasteiger partial charge in [0.05, 0.1) is 11.1 Å². The second-order valence-corrected chi connectivity index (χ2v) is 8.51. The molecule has 0 saturated heterocycles. The minimum Gasteiger partial charge on any atom is -0.353 e. The van der Waals surface area contributed by atoms with Crippen molar-refractivity contribution in [3.63, 3.8) is 0 Å². The molecule has 0 radical (unpaired) electrons. The maximum atomic E-state index is 13.1. The Bertz CT molecular complexity index is 1040. The average molecular weight is 404 g/mol. The lowest BCUT2D eigenvalue weighted by atomic mass is 10.1. The van der Waals surface area contributed by atoms with Crippen molar-refractivity contribution in [1.82, 2.24) is 15.3 Å². The number of nitrogens with one attached hydrogen (secondary N) is 2. The third kappa shape index (κ3) is 4.06. The van der Waals surface area contributed by atoms with Gasteiger partial charge in [0.2, 0.25) is 5.91 Å². The Morgan fingerprint density at radius 2 is 2.15 bits per heavy atom. The number of H-pyrrole nitrogens is 1. The van der Waals surface area contributed by atoms with Gasteiger partial charge in [0.1, 0.15) is 10.6 Å². The van der Waals surface area contributed by atoms with E-state index in [2.05, 4.69) is 15.3 Å². The Kier molecular flexibility index (Phi) is 5.01. The summed E-state index contributed by atoms with van der Waals surface area (Å²) in [6.07, 6.45) is 2.35. The predicted molar refractivity (Wildman–Crippen MR) is 107 cm³/mol. The summed E-state index contributed by atoms with van der Waals surface area (Å²) < 4.78 is 13.1. The third-order valence-electron chi connectivity index (χ3n) is 4.64. The molecule has 1 amide bonds. The van der Waals surface area contributed by atoms with E-state index in [0.717, 1.165) is 11.1 Å². The fourth-order valence-corrected chi connectivity index (χ4v) is 4.66. The molecule has 140 valence electrons. The van der Waals surface area contributed by atoms with Crippen LogP contribution in [0.5, 0.6) is 0 Å². The van der Waals surface area contributed by atoms with Crippen LogP contribution < -0.4 is 10.9 Å². The lowest BCUT2D eigenvalue weighted by molar-refractivity contribution is -0.119. The highest BCUT2D eigenvalue weighted by atomic mass is 32.2. The summed E-state index contributed by atoms with van der Waals surface area (Å²) in [6.45, 7) is 2.02. The minimum absolute atomic E-state index is 0.0553. The number of rotatable bonds is 6. The maximum absolute atomic E-state index is 13.1. The number of halogens is 1. The van der Waals surface area contributed by atoms with E-state index in [1.54, 1.807) is 12.1 Å². The highest BCUT2D eigenvalue weighted by molar-refractivity contribution is 7.99. The number of aromatic nitrogens is 2. The zero-order valence-corrected chi connectivity index (χ0v) is 16.3. The van der Waals surface area contributed by atoms with Crippen molar-refractivity contribution in [3.8, 4) is 11.1 Å². The predicted octanol–water partition coefficient (Wildman–Crippen LogP) is 3.80. The number of thioether (sulfide) groups is 1. The zero-order valence-electron chi connectivity index (χ0n) is 14.6. The molecule has 27 heavy (non-hydrogen) atoms. The first-order chi connectivity index (χ1) is 13.0.